The van der Waals surface area contributed by atoms with E-state index in [1.54, 1.807) is 26.0 Å². The van der Waals surface area contributed by atoms with Gasteiger partial charge in [-0.3, -0.25) is 0 Å². The third-order valence-corrected chi connectivity index (χ3v) is 11.5. The molecule has 2 aliphatic heterocycles. The van der Waals surface area contributed by atoms with E-state index in [2.05, 4.69) is 16.5 Å². The van der Waals surface area contributed by atoms with E-state index in [0.717, 1.165) is 37.0 Å². The predicted octanol–water partition coefficient (Wildman–Crippen LogP) is 4.06. The van der Waals surface area contributed by atoms with Gasteiger partial charge in [0.15, 0.2) is 0 Å². The van der Waals surface area contributed by atoms with Crippen molar-refractivity contribution in [2.45, 2.75) is 82.1 Å². The van der Waals surface area contributed by atoms with Gasteiger partial charge < -0.3 is 9.64 Å². The zero-order chi connectivity index (χ0) is 24.5. The molecule has 6 fully saturated rings. The van der Waals surface area contributed by atoms with E-state index in [1.165, 1.54) is 32.1 Å². The number of nitrogens with zero attached hydrogens (tertiary/aromatic N) is 2. The van der Waals surface area contributed by atoms with Gasteiger partial charge in [-0.05, 0) is 99.8 Å². The molecule has 8 heteroatoms. The van der Waals surface area contributed by atoms with E-state index in [-0.39, 0.29) is 24.3 Å². The zero-order valence-corrected chi connectivity index (χ0v) is 21.9. The zero-order valence-electron chi connectivity index (χ0n) is 21.0. The summed E-state index contributed by atoms with van der Waals surface area (Å²) in [4.78, 5) is 7.19. The molecule has 0 spiro atoms. The number of likely N-dealkylation sites (N-methyl/N-ethyl adjacent to an activating group) is 1. The molecule has 0 radical (unpaired) electrons. The van der Waals surface area contributed by atoms with Crippen LogP contribution in [0.3, 0.4) is 0 Å². The second kappa shape index (κ2) is 8.44. The molecule has 1 atom stereocenters. The molecule has 4 saturated carbocycles. The minimum atomic E-state index is -3.78. The fourth-order valence-electron chi connectivity index (χ4n) is 7.77. The molecule has 7 rings (SSSR count). The minimum Gasteiger partial charge on any atom is -0.457 e. The number of sulfonamides is 1. The van der Waals surface area contributed by atoms with Gasteiger partial charge in [-0.15, -0.1) is 0 Å². The summed E-state index contributed by atoms with van der Waals surface area (Å²) in [5, 5.41) is -0.910. The Bertz CT molecular complexity index is 1100. The molecule has 4 aliphatic carbocycles. The third kappa shape index (κ3) is 4.28. The molecule has 1 aromatic carbocycles. The van der Waals surface area contributed by atoms with E-state index < -0.39 is 20.9 Å². The van der Waals surface area contributed by atoms with Crippen LogP contribution >= 0.6 is 0 Å². The summed E-state index contributed by atoms with van der Waals surface area (Å²) in [6, 6.07) is 5.57. The van der Waals surface area contributed by atoms with Crippen LogP contribution in [0.4, 0.5) is 4.39 Å². The first-order chi connectivity index (χ1) is 16.6. The highest BCUT2D eigenvalue weighted by molar-refractivity contribution is 7.90. The molecule has 0 amide bonds. The quantitative estimate of drug-likeness (QED) is 0.658. The second-order valence-electron chi connectivity index (χ2n) is 12.3. The molecule has 2 heterocycles. The lowest BCUT2D eigenvalue weighted by atomic mass is 9.54. The lowest BCUT2D eigenvalue weighted by Gasteiger charge is -2.53. The average Bonchev–Trinajstić information content (AvgIpc) is 2.72. The molecule has 0 aromatic heterocycles. The van der Waals surface area contributed by atoms with Crippen molar-refractivity contribution in [1.82, 2.24) is 9.62 Å². The maximum atomic E-state index is 15.1. The van der Waals surface area contributed by atoms with Gasteiger partial charge in [0.1, 0.15) is 16.7 Å². The maximum absolute atomic E-state index is 15.1. The van der Waals surface area contributed by atoms with Gasteiger partial charge in [-0.25, -0.2) is 22.5 Å². The van der Waals surface area contributed by atoms with Crippen LogP contribution < -0.4 is 4.72 Å². The highest BCUT2D eigenvalue weighted by Crippen LogP contribution is 2.54. The summed E-state index contributed by atoms with van der Waals surface area (Å²) in [7, 11) is -3.78. The molecule has 4 bridgehead atoms. The maximum Gasteiger partial charge on any atom is 0.299 e. The van der Waals surface area contributed by atoms with Crippen LogP contribution in [0.5, 0.6) is 0 Å². The van der Waals surface area contributed by atoms with Crippen LogP contribution in [0, 0.1) is 29.5 Å². The van der Waals surface area contributed by atoms with E-state index in [1.807, 2.05) is 6.07 Å². The van der Waals surface area contributed by atoms with Crippen LogP contribution in [0.1, 0.15) is 69.9 Å². The van der Waals surface area contributed by atoms with Gasteiger partial charge in [0.05, 0.1) is 6.04 Å². The number of ether oxygens (including phenoxy) is 1. The first-order valence-corrected chi connectivity index (χ1v) is 14.9. The number of likely N-dealkylation sites (tertiary alicyclic amines) is 1. The predicted molar refractivity (Wildman–Crippen MR) is 134 cm³/mol. The Morgan fingerprint density at radius 1 is 1.11 bits per heavy atom. The van der Waals surface area contributed by atoms with Crippen LogP contribution in [-0.4, -0.2) is 55.9 Å². The topological polar surface area (TPSA) is 71.0 Å². The van der Waals surface area contributed by atoms with Crippen molar-refractivity contribution < 1.29 is 17.5 Å². The molecule has 35 heavy (non-hydrogen) atoms. The molecule has 1 N–H and O–H groups in total. The van der Waals surface area contributed by atoms with E-state index in [0.29, 0.717) is 23.3 Å². The summed E-state index contributed by atoms with van der Waals surface area (Å²) in [5.41, 5.74) is 0.380. The Hall–Kier alpha value is -1.67. The van der Waals surface area contributed by atoms with Crippen molar-refractivity contribution >= 4 is 16.0 Å². The summed E-state index contributed by atoms with van der Waals surface area (Å²) in [6.45, 7) is 8.59. The van der Waals surface area contributed by atoms with Gasteiger partial charge in [-0.1, -0.05) is 19.1 Å². The summed E-state index contributed by atoms with van der Waals surface area (Å²) < 4.78 is 50.6. The molecule has 1 unspecified atom stereocenters. The lowest BCUT2D eigenvalue weighted by Crippen LogP contribution is -2.60. The van der Waals surface area contributed by atoms with Crippen molar-refractivity contribution in [2.75, 3.05) is 19.6 Å². The number of halogens is 1. The summed E-state index contributed by atoms with van der Waals surface area (Å²) in [6.07, 6.45) is 6.26. The summed E-state index contributed by atoms with van der Waals surface area (Å²) >= 11 is 0. The first kappa shape index (κ1) is 23.7. The van der Waals surface area contributed by atoms with Gasteiger partial charge in [0.25, 0.3) is 6.02 Å². The van der Waals surface area contributed by atoms with E-state index in [9.17, 15) is 8.42 Å². The Labute approximate surface area is 208 Å². The fraction of sp³-hybridized carbons (Fsp3) is 0.741. The van der Waals surface area contributed by atoms with E-state index in [4.69, 9.17) is 9.73 Å². The Balaban J connectivity index is 1.18. The number of hydrogen-bond donors (Lipinski definition) is 1. The third-order valence-electron chi connectivity index (χ3n) is 9.54. The van der Waals surface area contributed by atoms with Gasteiger partial charge in [0, 0.05) is 19.0 Å². The number of aliphatic imine (C=N–C) groups is 1. The smallest absolute Gasteiger partial charge is 0.299 e. The van der Waals surface area contributed by atoms with Crippen molar-refractivity contribution in [3.63, 3.8) is 0 Å². The second-order valence-corrected chi connectivity index (χ2v) is 14.2. The Morgan fingerprint density at radius 2 is 1.77 bits per heavy atom. The van der Waals surface area contributed by atoms with Crippen LogP contribution in [-0.2, 0) is 21.2 Å². The Morgan fingerprint density at radius 3 is 2.34 bits per heavy atom. The van der Waals surface area contributed by atoms with E-state index >= 15 is 4.39 Å². The number of amidine groups is 1. The molecular formula is C27H38FN3O3S. The number of benzene rings is 1. The van der Waals surface area contributed by atoms with Gasteiger partial charge in [0.2, 0.25) is 10.0 Å². The molecule has 1 aromatic rings. The standard InChI is InChI=1S/C27H38FN3O3S/c1-4-31-14-22(15-31)18-5-6-19(23(28)12-18)13-24-27(2,3)34-26(30-35(24,32)33)29-25-20-8-16-7-17(10-20)11-21(25)9-16/h5-6,12,16-17,20-22,24-25H,4,7-11,13-15H2,1-3H3,(H,29,30). The lowest BCUT2D eigenvalue weighted by molar-refractivity contribution is -0.00168. The minimum absolute atomic E-state index is 0.0610. The first-order valence-electron chi connectivity index (χ1n) is 13.4. The van der Waals surface area contributed by atoms with Crippen molar-refractivity contribution in [3.05, 3.63) is 35.1 Å². The van der Waals surface area contributed by atoms with Crippen LogP contribution in [0.25, 0.3) is 0 Å². The number of hydrogen-bond acceptors (Lipinski definition) is 5. The summed E-state index contributed by atoms with van der Waals surface area (Å²) in [5.74, 6) is 2.75. The normalized spacial score (nSPS) is 38.7. The highest BCUT2D eigenvalue weighted by Gasteiger charge is 2.51. The fourth-order valence-corrected chi connectivity index (χ4v) is 9.45. The van der Waals surface area contributed by atoms with Crippen molar-refractivity contribution in [1.29, 1.82) is 0 Å². The Kier molecular flexibility index (Phi) is 5.72. The van der Waals surface area contributed by atoms with Gasteiger partial charge >= 0.3 is 0 Å². The monoisotopic (exact) mass is 503 g/mol. The largest absolute Gasteiger partial charge is 0.457 e. The molecular weight excluding hydrogens is 465 g/mol. The highest BCUT2D eigenvalue weighted by atomic mass is 32.2. The number of nitrogens with one attached hydrogen (secondary N) is 1. The average molecular weight is 504 g/mol. The van der Waals surface area contributed by atoms with Crippen molar-refractivity contribution in [3.8, 4) is 0 Å². The molecule has 192 valence electrons. The van der Waals surface area contributed by atoms with Crippen molar-refractivity contribution in [2.24, 2.45) is 28.7 Å². The molecule has 2 saturated heterocycles. The SMILES string of the molecule is CCN1CC(c2ccc(CC3C(C)(C)OC(=NC4C5CC6CC(C5)CC4C6)NS3(=O)=O)c(F)c2)C1. The van der Waals surface area contributed by atoms with Crippen LogP contribution in [0.2, 0.25) is 0 Å². The van der Waals surface area contributed by atoms with Gasteiger partial charge in [-0.2, -0.15) is 0 Å². The molecule has 6 nitrogen and oxygen atoms in total. The number of rotatable bonds is 5. The van der Waals surface area contributed by atoms with Crippen LogP contribution in [0.15, 0.2) is 23.2 Å². The molecule has 6 aliphatic rings.